The lowest BCUT2D eigenvalue weighted by molar-refractivity contribution is -0.428. The summed E-state index contributed by atoms with van der Waals surface area (Å²) < 4.78 is 0.0326. The first-order valence-electron chi connectivity index (χ1n) is 6.46. The fourth-order valence-electron chi connectivity index (χ4n) is 2.33. The second-order valence-corrected chi connectivity index (χ2v) is 4.77. The lowest BCUT2D eigenvalue weighted by Gasteiger charge is -2.07. The zero-order valence-electron chi connectivity index (χ0n) is 12.9. The van der Waals surface area contributed by atoms with Crippen LogP contribution in [0.3, 0.4) is 0 Å². The summed E-state index contributed by atoms with van der Waals surface area (Å²) in [6, 6.07) is 0. The van der Waals surface area contributed by atoms with Crippen molar-refractivity contribution in [3.63, 3.8) is 0 Å². The van der Waals surface area contributed by atoms with Crippen molar-refractivity contribution in [1.82, 2.24) is 9.55 Å². The van der Waals surface area contributed by atoms with E-state index < -0.39 is 70.4 Å². The SMILES string of the molecule is Nc1c([N+](=O)[O-])c(N)c([N+](=O)[O-])c(-n2cnc([N+](=O)[O-])c2[N+](=O)[O-])c1[N+](=O)[O-]. The van der Waals surface area contributed by atoms with Gasteiger partial charge in [-0.1, -0.05) is 0 Å². The molecule has 0 unspecified atom stereocenters. The summed E-state index contributed by atoms with van der Waals surface area (Å²) in [5.74, 6) is -2.90. The molecular weight excluding hydrogens is 394 g/mol. The van der Waals surface area contributed by atoms with Crippen molar-refractivity contribution in [2.75, 3.05) is 11.5 Å². The number of anilines is 2. The average molecular weight is 399 g/mol. The number of hydrogen-bond acceptors (Lipinski definition) is 13. The molecule has 2 rings (SSSR count). The molecule has 4 N–H and O–H groups in total. The van der Waals surface area contributed by atoms with Crippen molar-refractivity contribution < 1.29 is 24.6 Å². The maximum absolute atomic E-state index is 11.4. The van der Waals surface area contributed by atoms with E-state index in [-0.39, 0.29) is 4.57 Å². The molecule has 0 amide bonds. The fourth-order valence-corrected chi connectivity index (χ4v) is 2.33. The molecule has 0 saturated carbocycles. The van der Waals surface area contributed by atoms with E-state index in [1.165, 1.54) is 0 Å². The molecule has 0 spiro atoms. The van der Waals surface area contributed by atoms with Gasteiger partial charge in [-0.05, 0) is 9.85 Å². The lowest BCUT2D eigenvalue weighted by Crippen LogP contribution is -2.13. The Kier molecular flexibility index (Phi) is 4.42. The monoisotopic (exact) mass is 399 g/mol. The highest BCUT2D eigenvalue weighted by molar-refractivity contribution is 5.95. The quantitative estimate of drug-likeness (QED) is 0.382. The number of nitro groups is 5. The molecule has 19 heteroatoms. The predicted octanol–water partition coefficient (Wildman–Crippen LogP) is 0.578. The number of imidazole rings is 1. The maximum atomic E-state index is 11.4. The lowest BCUT2D eigenvalue weighted by atomic mass is 10.1. The summed E-state index contributed by atoms with van der Waals surface area (Å²) in [6.07, 6.45) is 0.316. The van der Waals surface area contributed by atoms with Gasteiger partial charge in [-0.25, -0.2) is 0 Å². The Morgan fingerprint density at radius 1 is 0.714 bits per heavy atom. The van der Waals surface area contributed by atoms with Crippen LogP contribution in [0.2, 0.25) is 0 Å². The van der Waals surface area contributed by atoms with E-state index in [9.17, 15) is 50.6 Å². The van der Waals surface area contributed by atoms with Gasteiger partial charge in [-0.2, -0.15) is 0 Å². The molecule has 0 saturated heterocycles. The average Bonchev–Trinajstić information content (AvgIpc) is 2.97. The number of benzene rings is 1. The normalized spacial score (nSPS) is 10.4. The van der Waals surface area contributed by atoms with E-state index in [0.717, 1.165) is 0 Å². The third-order valence-electron chi connectivity index (χ3n) is 3.33. The summed E-state index contributed by atoms with van der Waals surface area (Å²) in [6.45, 7) is 0. The van der Waals surface area contributed by atoms with Gasteiger partial charge in [-0.15, -0.1) is 4.57 Å². The molecule has 2 aromatic rings. The topological polar surface area (TPSA) is 286 Å². The number of aromatic nitrogens is 2. The van der Waals surface area contributed by atoms with E-state index in [1.807, 2.05) is 0 Å². The van der Waals surface area contributed by atoms with Crippen LogP contribution in [0.15, 0.2) is 6.33 Å². The molecule has 0 aliphatic rings. The van der Waals surface area contributed by atoms with E-state index in [4.69, 9.17) is 11.5 Å². The molecule has 0 aliphatic heterocycles. The van der Waals surface area contributed by atoms with Crippen molar-refractivity contribution >= 4 is 40.1 Å². The van der Waals surface area contributed by atoms with Gasteiger partial charge in [-0.3, -0.25) is 30.3 Å². The zero-order valence-corrected chi connectivity index (χ0v) is 12.9. The van der Waals surface area contributed by atoms with Gasteiger partial charge in [0.1, 0.15) is 0 Å². The molecule has 0 atom stereocenters. The first-order chi connectivity index (χ1) is 12.9. The first kappa shape index (κ1) is 19.4. The molecule has 0 bridgehead atoms. The first-order valence-corrected chi connectivity index (χ1v) is 6.46. The Morgan fingerprint density at radius 3 is 1.46 bits per heavy atom. The number of nitrogens with two attached hydrogens (primary N) is 2. The van der Waals surface area contributed by atoms with E-state index in [1.54, 1.807) is 0 Å². The van der Waals surface area contributed by atoms with Crippen LogP contribution < -0.4 is 11.5 Å². The van der Waals surface area contributed by atoms with Crippen molar-refractivity contribution in [2.45, 2.75) is 0 Å². The summed E-state index contributed by atoms with van der Waals surface area (Å²) in [5, 5.41) is 56.0. The molecule has 0 fully saturated rings. The van der Waals surface area contributed by atoms with Crippen LogP contribution >= 0.6 is 0 Å². The molecular formula is C9H5N9O10. The van der Waals surface area contributed by atoms with E-state index in [0.29, 0.717) is 6.33 Å². The Labute approximate surface area is 149 Å². The van der Waals surface area contributed by atoms with Crippen LogP contribution in [-0.4, -0.2) is 34.2 Å². The highest BCUT2D eigenvalue weighted by atomic mass is 16.7. The standard InChI is InChI=1S/C9H5N9O10/c10-2-4(14(19)20)3(11)6(16(23)24)7(5(2)15(21)22)13-1-12-8(17(25)26)9(13)18(27)28/h1H,10-11H2. The summed E-state index contributed by atoms with van der Waals surface area (Å²) in [4.78, 5) is 52.3. The van der Waals surface area contributed by atoms with Crippen LogP contribution in [0.5, 0.6) is 0 Å². The van der Waals surface area contributed by atoms with Gasteiger partial charge in [0.15, 0.2) is 11.4 Å². The second-order valence-electron chi connectivity index (χ2n) is 4.77. The molecule has 0 radical (unpaired) electrons. The van der Waals surface area contributed by atoms with Crippen LogP contribution in [0.4, 0.5) is 40.1 Å². The highest BCUT2D eigenvalue weighted by Crippen LogP contribution is 2.49. The molecule has 1 aromatic carbocycles. The number of nitro benzene ring substituents is 3. The van der Waals surface area contributed by atoms with Gasteiger partial charge in [0.2, 0.25) is 0 Å². The van der Waals surface area contributed by atoms with Crippen LogP contribution in [0.25, 0.3) is 5.69 Å². The Hall–Kier alpha value is -4.97. The van der Waals surface area contributed by atoms with Crippen molar-refractivity contribution in [3.05, 3.63) is 56.9 Å². The van der Waals surface area contributed by atoms with E-state index >= 15 is 0 Å². The number of hydrogen-bond donors (Lipinski definition) is 2. The van der Waals surface area contributed by atoms with Crippen molar-refractivity contribution in [3.8, 4) is 5.69 Å². The molecule has 146 valence electrons. The second kappa shape index (κ2) is 6.40. The number of rotatable bonds is 6. The molecule has 1 aromatic heterocycles. The molecule has 28 heavy (non-hydrogen) atoms. The number of nitrogen functional groups attached to an aromatic ring is 2. The molecule has 0 aliphatic carbocycles. The minimum Gasteiger partial charge on any atom is -0.387 e. The van der Waals surface area contributed by atoms with Gasteiger partial charge < -0.3 is 31.7 Å². The minimum absolute atomic E-state index is 0.0326. The third-order valence-corrected chi connectivity index (χ3v) is 3.33. The van der Waals surface area contributed by atoms with Crippen LogP contribution in [0.1, 0.15) is 0 Å². The Bertz CT molecular complexity index is 1050. The van der Waals surface area contributed by atoms with Crippen LogP contribution in [-0.2, 0) is 0 Å². The minimum atomic E-state index is -1.50. The Balaban J connectivity index is 3.19. The highest BCUT2D eigenvalue weighted by Gasteiger charge is 2.47. The fraction of sp³-hybridized carbons (Fsp3) is 0. The van der Waals surface area contributed by atoms with Crippen molar-refractivity contribution in [2.24, 2.45) is 0 Å². The number of nitrogens with zero attached hydrogens (tertiary/aromatic N) is 7. The van der Waals surface area contributed by atoms with E-state index in [2.05, 4.69) is 4.98 Å². The van der Waals surface area contributed by atoms with Gasteiger partial charge in [0.05, 0.1) is 14.8 Å². The summed E-state index contributed by atoms with van der Waals surface area (Å²) in [5.41, 5.74) is 2.55. The maximum Gasteiger partial charge on any atom is 0.462 e. The van der Waals surface area contributed by atoms with Gasteiger partial charge in [0, 0.05) is 4.98 Å². The van der Waals surface area contributed by atoms with Gasteiger partial charge >= 0.3 is 35.0 Å². The Morgan fingerprint density at radius 2 is 1.14 bits per heavy atom. The molecule has 1 heterocycles. The molecule has 19 nitrogen and oxygen atoms in total. The van der Waals surface area contributed by atoms with Crippen molar-refractivity contribution in [1.29, 1.82) is 0 Å². The smallest absolute Gasteiger partial charge is 0.387 e. The summed E-state index contributed by atoms with van der Waals surface area (Å²) in [7, 11) is 0. The summed E-state index contributed by atoms with van der Waals surface area (Å²) >= 11 is 0. The van der Waals surface area contributed by atoms with Crippen LogP contribution in [0, 0.1) is 50.6 Å². The zero-order chi connectivity index (χ0) is 21.5. The largest absolute Gasteiger partial charge is 0.462 e. The third kappa shape index (κ3) is 2.69. The van der Waals surface area contributed by atoms with Gasteiger partial charge in [0.25, 0.3) is 5.69 Å². The predicted molar refractivity (Wildman–Crippen MR) is 85.7 cm³/mol.